The normalized spacial score (nSPS) is 40.6. The maximum absolute atomic E-state index is 14.4. The van der Waals surface area contributed by atoms with Gasteiger partial charge in [0.25, 0.3) is 5.69 Å². The molecule has 1 aromatic rings. The van der Waals surface area contributed by atoms with Crippen LogP contribution in [-0.4, -0.2) is 166 Å². The molecule has 1 aromatic carbocycles. The van der Waals surface area contributed by atoms with Crippen molar-refractivity contribution in [2.45, 2.75) is 205 Å². The lowest BCUT2D eigenvalue weighted by Crippen LogP contribution is -2.61. The smallest absolute Gasteiger partial charge is 0.311 e. The first kappa shape index (κ1) is 57.2. The monoisotopic (exact) mass is 969 g/mol. The number of aliphatic hydroxyl groups excluding tert-OH is 2. The molecule has 3 aliphatic heterocycles. The van der Waals surface area contributed by atoms with Crippen molar-refractivity contribution in [3.63, 3.8) is 0 Å². The van der Waals surface area contributed by atoms with Gasteiger partial charge in [0.05, 0.1) is 59.3 Å². The van der Waals surface area contributed by atoms with Gasteiger partial charge in [-0.3, -0.25) is 24.5 Å². The highest BCUT2D eigenvalue weighted by atomic mass is 16.7. The number of nitro groups is 1. The Hall–Kier alpha value is -3.41. The summed E-state index contributed by atoms with van der Waals surface area (Å²) >= 11 is 0. The summed E-state index contributed by atoms with van der Waals surface area (Å²) in [5, 5.41) is 64.5. The van der Waals surface area contributed by atoms with Crippen molar-refractivity contribution in [2.75, 3.05) is 27.7 Å². The van der Waals surface area contributed by atoms with E-state index in [1.165, 1.54) is 40.0 Å². The van der Waals surface area contributed by atoms with E-state index >= 15 is 0 Å². The topological polar surface area (TPSA) is 267 Å². The second kappa shape index (κ2) is 23.7. The van der Waals surface area contributed by atoms with Crippen molar-refractivity contribution >= 4 is 23.5 Å². The van der Waals surface area contributed by atoms with Crippen molar-refractivity contribution < 1.29 is 72.9 Å². The Balaban J connectivity index is 1.67. The van der Waals surface area contributed by atoms with E-state index in [0.717, 1.165) is 5.56 Å². The van der Waals surface area contributed by atoms with E-state index in [1.807, 2.05) is 32.8 Å². The standard InChI is InChI=1S/C48H80N4O16/c1-15-35-48(11,59)40(55)29(6)43(56)50-25(2)23-46(9,58)41(68-45-38(54)34(51(12)13)22-26(3)63-45)27(4)39(28(5)44(57)65-35)67-37-24-47(10,62-14)42(31(8)64-37)66-36(53)20-21-49-30(7)32-16-18-33(19-17-32)52(60)61/h16-19,25-31,34-35,37-42,45,49,54-55,58-59H,15,20-24H2,1-14H3,(H,50,56)/t25-,26-,27+,28-,29-,30-,31+,34+,35-,37+,38-,39+,40-,41-,42+,45+,46-,47-,48-/m1/s1. The van der Waals surface area contributed by atoms with Crippen LogP contribution in [-0.2, 0) is 47.5 Å². The van der Waals surface area contributed by atoms with Gasteiger partial charge in [-0.05, 0) is 94.3 Å². The zero-order valence-electron chi connectivity index (χ0n) is 42.4. The Morgan fingerprint density at radius 2 is 1.62 bits per heavy atom. The van der Waals surface area contributed by atoms with Crippen molar-refractivity contribution in [2.24, 2.45) is 17.8 Å². The summed E-state index contributed by atoms with van der Waals surface area (Å²) in [6.07, 6.45) is -10.5. The number of non-ortho nitro benzene ring substituents is 1. The lowest BCUT2D eigenvalue weighted by molar-refractivity contribution is -0.384. The summed E-state index contributed by atoms with van der Waals surface area (Å²) in [6.45, 7) is 18.4. The molecule has 20 heteroatoms. The van der Waals surface area contributed by atoms with E-state index in [1.54, 1.807) is 53.7 Å². The van der Waals surface area contributed by atoms with Gasteiger partial charge in [-0.25, -0.2) is 0 Å². The number of likely N-dealkylation sites (N-methyl/N-ethyl adjacent to an activating group) is 1. The fraction of sp³-hybridized carbons (Fsp3) is 0.812. The average molecular weight is 969 g/mol. The Bertz CT molecular complexity index is 1840. The molecule has 20 nitrogen and oxygen atoms in total. The minimum absolute atomic E-state index is 0.0000408. The molecule has 0 radical (unpaired) electrons. The van der Waals surface area contributed by atoms with Crippen molar-refractivity contribution in [1.82, 2.24) is 15.5 Å². The minimum atomic E-state index is -2.08. The molecule has 0 bridgehead atoms. The predicted octanol–water partition coefficient (Wildman–Crippen LogP) is 3.29. The van der Waals surface area contributed by atoms with Gasteiger partial charge in [-0.1, -0.05) is 32.9 Å². The predicted molar refractivity (Wildman–Crippen MR) is 248 cm³/mol. The maximum atomic E-state index is 14.4. The molecule has 19 atom stereocenters. The number of methoxy groups -OCH3 is 1. The zero-order chi connectivity index (χ0) is 51.2. The van der Waals surface area contributed by atoms with Crippen LogP contribution in [0.4, 0.5) is 5.69 Å². The van der Waals surface area contributed by atoms with Crippen molar-refractivity contribution in [3.8, 4) is 0 Å². The van der Waals surface area contributed by atoms with Crippen LogP contribution in [0.25, 0.3) is 0 Å². The number of nitro benzene ring substituents is 1. The highest BCUT2D eigenvalue weighted by Gasteiger charge is 2.54. The molecule has 3 fully saturated rings. The second-order valence-electron chi connectivity index (χ2n) is 20.3. The summed E-state index contributed by atoms with van der Waals surface area (Å²) < 4.78 is 44.2. The Kier molecular flexibility index (Phi) is 19.9. The number of cyclic esters (lactones) is 1. The van der Waals surface area contributed by atoms with E-state index in [2.05, 4.69) is 10.6 Å². The van der Waals surface area contributed by atoms with Crippen LogP contribution < -0.4 is 10.6 Å². The third-order valence-corrected chi connectivity index (χ3v) is 14.3. The molecule has 6 N–H and O–H groups in total. The molecule has 3 heterocycles. The summed E-state index contributed by atoms with van der Waals surface area (Å²) in [6, 6.07) is 4.84. The van der Waals surface area contributed by atoms with Gasteiger partial charge in [0, 0.05) is 56.3 Å². The van der Waals surface area contributed by atoms with Gasteiger partial charge in [-0.15, -0.1) is 0 Å². The number of carbonyl (C=O) groups is 3. The minimum Gasteiger partial charge on any atom is -0.459 e. The van der Waals surface area contributed by atoms with Gasteiger partial charge in [0.1, 0.15) is 23.4 Å². The van der Waals surface area contributed by atoms with E-state index in [-0.39, 0.29) is 56.1 Å². The quantitative estimate of drug-likeness (QED) is 0.0887. The zero-order valence-corrected chi connectivity index (χ0v) is 42.4. The fourth-order valence-electron chi connectivity index (χ4n) is 10.1. The van der Waals surface area contributed by atoms with Gasteiger partial charge in [0.2, 0.25) is 5.91 Å². The first-order valence-corrected chi connectivity index (χ1v) is 23.9. The van der Waals surface area contributed by atoms with Crippen LogP contribution in [0.5, 0.6) is 0 Å². The molecule has 1 amide bonds. The van der Waals surface area contributed by atoms with Gasteiger partial charge >= 0.3 is 11.9 Å². The third-order valence-electron chi connectivity index (χ3n) is 14.3. The highest BCUT2D eigenvalue weighted by molar-refractivity contribution is 5.79. The van der Waals surface area contributed by atoms with Crippen LogP contribution in [0.3, 0.4) is 0 Å². The number of nitrogens with zero attached hydrogens (tertiary/aromatic N) is 2. The number of carbonyl (C=O) groups excluding carboxylic acids is 3. The lowest BCUT2D eigenvalue weighted by atomic mass is 9.78. The molecule has 388 valence electrons. The SMILES string of the molecule is CC[C@H]1OC(=O)[C@H](C)[C@@H](O[C@H]2C[C@@](C)(OC)[C@@H](OC(=O)CCN[C@H](C)c3ccc([N+](=O)[O-])cc3)[C@H](C)O2)[C@H](C)[C@@H](O[C@@H]2O[C@H](C)C[C@H](N(C)C)[C@H]2O)[C@](C)(O)C[C@@H](C)NC(=O)[C@H](C)[C@@H](O)[C@]1(C)O. The van der Waals surface area contributed by atoms with Gasteiger partial charge in [0.15, 0.2) is 18.7 Å². The van der Waals surface area contributed by atoms with Crippen molar-refractivity contribution in [1.29, 1.82) is 0 Å². The molecule has 0 aromatic heterocycles. The van der Waals surface area contributed by atoms with Gasteiger partial charge in [-0.2, -0.15) is 0 Å². The molecule has 0 unspecified atom stereocenters. The Labute approximate surface area is 401 Å². The lowest BCUT2D eigenvalue weighted by Gasteiger charge is -2.49. The van der Waals surface area contributed by atoms with E-state index in [0.29, 0.717) is 6.42 Å². The summed E-state index contributed by atoms with van der Waals surface area (Å²) in [4.78, 5) is 53.9. The number of rotatable bonds is 14. The van der Waals surface area contributed by atoms with E-state index < -0.39 is 119 Å². The summed E-state index contributed by atoms with van der Waals surface area (Å²) in [5.74, 6) is -5.22. The van der Waals surface area contributed by atoms with Crippen LogP contribution in [0.15, 0.2) is 24.3 Å². The van der Waals surface area contributed by atoms with E-state index in [4.69, 9.17) is 33.2 Å². The van der Waals surface area contributed by atoms with Crippen LogP contribution in [0.2, 0.25) is 0 Å². The number of amides is 1. The van der Waals surface area contributed by atoms with Gasteiger partial charge < -0.3 is 69.1 Å². The number of aliphatic hydroxyl groups is 4. The third kappa shape index (κ3) is 13.7. The fourth-order valence-corrected chi connectivity index (χ4v) is 10.1. The maximum Gasteiger partial charge on any atom is 0.311 e. The number of hydrogen-bond donors (Lipinski definition) is 6. The molecule has 68 heavy (non-hydrogen) atoms. The highest BCUT2D eigenvalue weighted by Crippen LogP contribution is 2.40. The van der Waals surface area contributed by atoms with Crippen molar-refractivity contribution in [3.05, 3.63) is 39.9 Å². The molecule has 3 saturated heterocycles. The molecule has 0 saturated carbocycles. The molecular weight excluding hydrogens is 889 g/mol. The number of esters is 2. The first-order chi connectivity index (χ1) is 31.6. The Morgan fingerprint density at radius 1 is 0.985 bits per heavy atom. The van der Waals surface area contributed by atoms with E-state index in [9.17, 15) is 44.9 Å². The molecule has 4 rings (SSSR count). The average Bonchev–Trinajstić information content (AvgIpc) is 3.26. The number of hydrogen-bond acceptors (Lipinski definition) is 18. The first-order valence-electron chi connectivity index (χ1n) is 23.9. The summed E-state index contributed by atoms with van der Waals surface area (Å²) in [7, 11) is 5.14. The molecule has 3 aliphatic rings. The molecular formula is C48H80N4O16. The molecule has 0 spiro atoms. The van der Waals surface area contributed by atoms with Crippen LogP contribution >= 0.6 is 0 Å². The van der Waals surface area contributed by atoms with Crippen LogP contribution in [0, 0.1) is 27.9 Å². The number of benzene rings is 1. The summed E-state index contributed by atoms with van der Waals surface area (Å²) in [5.41, 5.74) is -4.30. The number of ether oxygens (including phenoxy) is 7. The van der Waals surface area contributed by atoms with Crippen LogP contribution in [0.1, 0.15) is 120 Å². The molecule has 0 aliphatic carbocycles. The Morgan fingerprint density at radius 3 is 2.19 bits per heavy atom. The second-order valence-corrected chi connectivity index (χ2v) is 20.3. The largest absolute Gasteiger partial charge is 0.459 e. The number of nitrogens with one attached hydrogen (secondary N) is 2.